The van der Waals surface area contributed by atoms with E-state index in [2.05, 4.69) is 67.9 Å². The van der Waals surface area contributed by atoms with Gasteiger partial charge in [-0.05, 0) is 74.1 Å². The molecule has 270 valence electrons. The highest BCUT2D eigenvalue weighted by molar-refractivity contribution is 8.14. The van der Waals surface area contributed by atoms with Gasteiger partial charge in [-0.25, -0.2) is 8.42 Å². The molecule has 0 spiro atoms. The Morgan fingerprint density at radius 2 is 1.19 bits per heavy atom. The van der Waals surface area contributed by atoms with Crippen molar-refractivity contribution in [2.24, 2.45) is 4.99 Å². The molecule has 0 saturated heterocycles. The summed E-state index contributed by atoms with van der Waals surface area (Å²) in [6.07, 6.45) is 22.9. The smallest absolute Gasteiger partial charge is 0.243 e. The fraction of sp³-hybridized carbons (Fsp3) is 0.634. The number of sulfonamides is 1. The minimum absolute atomic E-state index is 0.380. The minimum atomic E-state index is -3.58. The van der Waals surface area contributed by atoms with Crippen LogP contribution in [0.5, 0.6) is 0 Å². The van der Waals surface area contributed by atoms with Crippen molar-refractivity contribution >= 4 is 38.6 Å². The van der Waals surface area contributed by atoms with Gasteiger partial charge in [0.1, 0.15) is 0 Å². The molecule has 0 atom stereocenters. The highest BCUT2D eigenvalue weighted by Gasteiger charge is 2.24. The molecule has 0 N–H and O–H groups in total. The lowest BCUT2D eigenvalue weighted by Crippen LogP contribution is -2.33. The van der Waals surface area contributed by atoms with Crippen molar-refractivity contribution in [1.29, 1.82) is 0 Å². The molecule has 48 heavy (non-hydrogen) atoms. The summed E-state index contributed by atoms with van der Waals surface area (Å²) in [4.78, 5) is 8.42. The van der Waals surface area contributed by atoms with E-state index in [1.165, 1.54) is 68.8 Å². The topological polar surface area (TPSA) is 53.0 Å². The summed E-state index contributed by atoms with van der Waals surface area (Å²) in [6.45, 7) is 14.4. The van der Waals surface area contributed by atoms with Crippen LogP contribution in [0, 0.1) is 6.92 Å². The molecule has 5 nitrogen and oxygen atoms in total. The lowest BCUT2D eigenvalue weighted by Gasteiger charge is -2.25. The van der Waals surface area contributed by atoms with E-state index in [0.717, 1.165) is 85.5 Å². The van der Waals surface area contributed by atoms with Gasteiger partial charge in [-0.15, -0.1) is 0 Å². The number of aryl methyl sites for hydroxylation is 1. The molecule has 2 aromatic carbocycles. The molecule has 7 heteroatoms. The predicted octanol–water partition coefficient (Wildman–Crippen LogP) is 11.9. The van der Waals surface area contributed by atoms with Crippen LogP contribution in [0.1, 0.15) is 142 Å². The summed E-state index contributed by atoms with van der Waals surface area (Å²) in [5.41, 5.74) is 3.48. The first kappa shape index (κ1) is 42.1. The quantitative estimate of drug-likeness (QED) is 0.0425. The molecule has 0 heterocycles. The van der Waals surface area contributed by atoms with Crippen LogP contribution in [-0.2, 0) is 10.0 Å². The molecule has 0 aliphatic rings. The maximum atomic E-state index is 13.9. The van der Waals surface area contributed by atoms with E-state index in [1.807, 2.05) is 25.1 Å². The van der Waals surface area contributed by atoms with E-state index in [1.54, 1.807) is 17.4 Å². The van der Waals surface area contributed by atoms with Gasteiger partial charge < -0.3 is 4.90 Å². The second-order valence-electron chi connectivity index (χ2n) is 13.1. The Balaban J connectivity index is 2.16. The van der Waals surface area contributed by atoms with Gasteiger partial charge >= 0.3 is 0 Å². The van der Waals surface area contributed by atoms with Crippen LogP contribution in [0.4, 0.5) is 5.69 Å². The zero-order valence-corrected chi connectivity index (χ0v) is 32.9. The Morgan fingerprint density at radius 3 is 1.67 bits per heavy atom. The normalized spacial score (nSPS) is 12.4. The van der Waals surface area contributed by atoms with Gasteiger partial charge in [0.15, 0.2) is 0 Å². The van der Waals surface area contributed by atoms with Gasteiger partial charge in [0.25, 0.3) is 0 Å². The Labute approximate surface area is 300 Å². The van der Waals surface area contributed by atoms with Crippen molar-refractivity contribution in [2.75, 3.05) is 38.1 Å². The van der Waals surface area contributed by atoms with E-state index in [0.29, 0.717) is 18.0 Å². The standard InChI is InChI=1S/C41H67N3O2S2/c1-7-11-15-19-31-43(32-20-16-12-8-2)38-27-24-37(25-28-38)26-30-41(42-6)47-40-35-39(29-23-36(40)5)48(45,46)44(33-21-17-13-9-3)34-22-18-14-10-4/h23-30,35H,7-22,31-34H2,1-6H3. The van der Waals surface area contributed by atoms with E-state index >= 15 is 0 Å². The van der Waals surface area contributed by atoms with Crippen LogP contribution < -0.4 is 4.90 Å². The van der Waals surface area contributed by atoms with Crippen molar-refractivity contribution in [2.45, 2.75) is 147 Å². The van der Waals surface area contributed by atoms with Gasteiger partial charge in [-0.1, -0.05) is 141 Å². The first-order valence-electron chi connectivity index (χ1n) is 19.1. The Morgan fingerprint density at radius 1 is 0.688 bits per heavy atom. The Kier molecular flexibility index (Phi) is 21.9. The molecule has 0 fully saturated rings. The van der Waals surface area contributed by atoms with Gasteiger partial charge in [0.05, 0.1) is 9.94 Å². The molecule has 0 radical (unpaired) electrons. The number of benzene rings is 2. The number of thioether (sulfide) groups is 1. The first-order chi connectivity index (χ1) is 23.3. The number of unbranched alkanes of at least 4 members (excludes halogenated alkanes) is 12. The molecule has 0 bridgehead atoms. The fourth-order valence-corrected chi connectivity index (χ4v) is 8.33. The molecule has 0 amide bonds. The predicted molar refractivity (Wildman–Crippen MR) is 213 cm³/mol. The summed E-state index contributed by atoms with van der Waals surface area (Å²) in [7, 11) is -1.78. The van der Waals surface area contributed by atoms with E-state index in [9.17, 15) is 8.42 Å². The van der Waals surface area contributed by atoms with Crippen molar-refractivity contribution < 1.29 is 8.42 Å². The Hall–Kier alpha value is -2.09. The number of rotatable bonds is 26. The summed E-state index contributed by atoms with van der Waals surface area (Å²) < 4.78 is 29.5. The van der Waals surface area contributed by atoms with Crippen molar-refractivity contribution in [1.82, 2.24) is 4.31 Å². The third-order valence-electron chi connectivity index (χ3n) is 8.99. The maximum Gasteiger partial charge on any atom is 0.243 e. The molecule has 0 saturated carbocycles. The van der Waals surface area contributed by atoms with Crippen LogP contribution >= 0.6 is 11.8 Å². The zero-order chi connectivity index (χ0) is 35.0. The van der Waals surface area contributed by atoms with Gasteiger partial charge in [0, 0.05) is 43.8 Å². The average Bonchev–Trinajstić information content (AvgIpc) is 3.09. The summed E-state index contributed by atoms with van der Waals surface area (Å²) >= 11 is 1.53. The molecule has 0 aliphatic heterocycles. The van der Waals surface area contributed by atoms with Gasteiger partial charge in [-0.2, -0.15) is 4.31 Å². The van der Waals surface area contributed by atoms with Gasteiger partial charge in [0.2, 0.25) is 10.0 Å². The summed E-state index contributed by atoms with van der Waals surface area (Å²) in [5.74, 6) is 0. The van der Waals surface area contributed by atoms with Crippen molar-refractivity contribution in [3.05, 3.63) is 59.7 Å². The SMILES string of the molecule is CCCCCCN(CCCCCC)c1ccc(C=CC(=NC)Sc2cc(S(=O)(=O)N(CCCCCC)CCCCCC)ccc2C)cc1. The summed E-state index contributed by atoms with van der Waals surface area (Å²) in [6, 6.07) is 14.5. The number of anilines is 1. The molecule has 0 aliphatic carbocycles. The number of hydrogen-bond donors (Lipinski definition) is 0. The maximum absolute atomic E-state index is 13.9. The zero-order valence-electron chi connectivity index (χ0n) is 31.3. The summed E-state index contributed by atoms with van der Waals surface area (Å²) in [5, 5.41) is 0.848. The largest absolute Gasteiger partial charge is 0.372 e. The lowest BCUT2D eigenvalue weighted by atomic mass is 10.1. The number of hydrogen-bond acceptors (Lipinski definition) is 5. The van der Waals surface area contributed by atoms with Crippen molar-refractivity contribution in [3.63, 3.8) is 0 Å². The third-order valence-corrected chi connectivity index (χ3v) is 12.1. The molecule has 2 aromatic rings. The van der Waals surface area contributed by atoms with Crippen LogP contribution in [0.25, 0.3) is 6.08 Å². The van der Waals surface area contributed by atoms with Crippen LogP contribution in [0.3, 0.4) is 0 Å². The first-order valence-corrected chi connectivity index (χ1v) is 21.3. The van der Waals surface area contributed by atoms with E-state index in [-0.39, 0.29) is 0 Å². The molecule has 0 aromatic heterocycles. The highest BCUT2D eigenvalue weighted by Crippen LogP contribution is 2.29. The highest BCUT2D eigenvalue weighted by atomic mass is 32.2. The monoisotopic (exact) mass is 697 g/mol. The third kappa shape index (κ3) is 15.6. The number of nitrogens with zero attached hydrogens (tertiary/aromatic N) is 3. The minimum Gasteiger partial charge on any atom is -0.372 e. The molecular weight excluding hydrogens is 631 g/mol. The fourth-order valence-electron chi connectivity index (χ4n) is 5.84. The second kappa shape index (κ2) is 25.0. The van der Waals surface area contributed by atoms with E-state index in [4.69, 9.17) is 0 Å². The van der Waals surface area contributed by atoms with Crippen LogP contribution in [0.2, 0.25) is 0 Å². The Bertz CT molecular complexity index is 1280. The average molecular weight is 698 g/mol. The second-order valence-corrected chi connectivity index (χ2v) is 16.2. The molecular formula is C41H67N3O2S2. The van der Waals surface area contributed by atoms with Crippen molar-refractivity contribution in [3.8, 4) is 0 Å². The molecule has 0 unspecified atom stereocenters. The molecule has 2 rings (SSSR count). The van der Waals surface area contributed by atoms with Gasteiger partial charge in [-0.3, -0.25) is 4.99 Å². The van der Waals surface area contributed by atoms with Crippen LogP contribution in [-0.4, -0.2) is 51.0 Å². The van der Waals surface area contributed by atoms with E-state index < -0.39 is 10.0 Å². The number of aliphatic imine (C=N–C) groups is 1. The van der Waals surface area contributed by atoms with Crippen LogP contribution in [0.15, 0.2) is 63.3 Å². The lowest BCUT2D eigenvalue weighted by molar-refractivity contribution is 0.385.